The van der Waals surface area contributed by atoms with Gasteiger partial charge in [-0.2, -0.15) is 0 Å². The van der Waals surface area contributed by atoms with Crippen molar-refractivity contribution in [3.05, 3.63) is 12.1 Å². The van der Waals surface area contributed by atoms with Crippen molar-refractivity contribution in [2.45, 2.75) is 12.5 Å². The summed E-state index contributed by atoms with van der Waals surface area (Å²) in [5.41, 5.74) is 0. The van der Waals surface area contributed by atoms with Crippen LogP contribution in [-0.2, 0) is 4.79 Å². The maximum absolute atomic E-state index is 10.3. The Labute approximate surface area is 63.6 Å². The minimum absolute atomic E-state index is 0.398. The molecule has 10 heavy (non-hydrogen) atoms. The third-order valence-corrected chi connectivity index (χ3v) is 1.41. The minimum atomic E-state index is -0.881. The summed E-state index contributed by atoms with van der Waals surface area (Å²) in [4.78, 5) is 10.3. The molecule has 0 aliphatic rings. The zero-order chi connectivity index (χ0) is 7.98. The molecule has 0 saturated carbocycles. The van der Waals surface area contributed by atoms with Gasteiger partial charge < -0.3 is 5.11 Å². The van der Waals surface area contributed by atoms with Gasteiger partial charge in [-0.05, 0) is 6.42 Å². The fourth-order valence-electron chi connectivity index (χ4n) is 0.455. The van der Waals surface area contributed by atoms with Crippen LogP contribution in [0.2, 0.25) is 0 Å². The van der Waals surface area contributed by atoms with E-state index in [-0.39, 0.29) is 0 Å². The molecule has 0 aromatic rings. The van der Waals surface area contributed by atoms with Gasteiger partial charge in [-0.1, -0.05) is 15.5 Å². The van der Waals surface area contributed by atoms with Gasteiger partial charge in [-0.15, -0.1) is 5.98 Å². The second-order valence-electron chi connectivity index (χ2n) is 1.72. The van der Waals surface area contributed by atoms with Crippen LogP contribution in [0.4, 0.5) is 0 Å². The van der Waals surface area contributed by atoms with Gasteiger partial charge in [0.2, 0.25) is 0 Å². The molecule has 54 valence electrons. The van der Waals surface area contributed by atoms with Crippen LogP contribution in [0.25, 0.3) is 0 Å². The zero-order valence-corrected chi connectivity index (χ0v) is 6.60. The van der Waals surface area contributed by atoms with Crippen molar-refractivity contribution in [1.29, 1.82) is 0 Å². The van der Waals surface area contributed by atoms with E-state index in [1.807, 2.05) is 0 Å². The molecule has 0 aromatic heterocycles. The SMILES string of the molecule is [B]C=CCC(NP)C(=O)O. The molecule has 0 heterocycles. The molecule has 0 amide bonds. The van der Waals surface area contributed by atoms with Crippen LogP contribution in [0.1, 0.15) is 6.42 Å². The van der Waals surface area contributed by atoms with Gasteiger partial charge in [0.05, 0.1) is 0 Å². The normalized spacial score (nSPS) is 13.7. The first-order valence-corrected chi connectivity index (χ1v) is 3.35. The van der Waals surface area contributed by atoms with Gasteiger partial charge in [0.1, 0.15) is 13.9 Å². The molecule has 0 rings (SSSR count). The Morgan fingerprint density at radius 1 is 1.90 bits per heavy atom. The van der Waals surface area contributed by atoms with E-state index in [1.54, 1.807) is 6.08 Å². The number of carboxylic acid groups (broad SMARTS) is 1. The first kappa shape index (κ1) is 9.66. The highest BCUT2D eigenvalue weighted by Gasteiger charge is 2.11. The monoisotopic (exact) mass is 157 g/mol. The van der Waals surface area contributed by atoms with Crippen LogP contribution in [0, 0.1) is 0 Å². The van der Waals surface area contributed by atoms with Crippen LogP contribution in [0.15, 0.2) is 12.1 Å². The van der Waals surface area contributed by atoms with E-state index in [9.17, 15) is 4.79 Å². The van der Waals surface area contributed by atoms with Crippen LogP contribution in [0.3, 0.4) is 0 Å². The predicted molar refractivity (Wildman–Crippen MR) is 43.8 cm³/mol. The first-order valence-electron chi connectivity index (χ1n) is 2.78. The van der Waals surface area contributed by atoms with Gasteiger partial charge in [-0.3, -0.25) is 9.88 Å². The van der Waals surface area contributed by atoms with Crippen LogP contribution < -0.4 is 5.09 Å². The van der Waals surface area contributed by atoms with E-state index < -0.39 is 12.0 Å². The smallest absolute Gasteiger partial charge is 0.321 e. The molecule has 0 saturated heterocycles. The Morgan fingerprint density at radius 2 is 2.50 bits per heavy atom. The van der Waals surface area contributed by atoms with Crippen LogP contribution in [0.5, 0.6) is 0 Å². The predicted octanol–water partition coefficient (Wildman–Crippen LogP) is -0.108. The lowest BCUT2D eigenvalue weighted by Crippen LogP contribution is -2.29. The summed E-state index contributed by atoms with van der Waals surface area (Å²) in [6, 6.07) is -0.565. The van der Waals surface area contributed by atoms with Crippen molar-refractivity contribution in [3.63, 3.8) is 0 Å². The molecule has 0 bridgehead atoms. The van der Waals surface area contributed by atoms with E-state index in [0.717, 1.165) is 0 Å². The second kappa shape index (κ2) is 5.45. The molecule has 3 nitrogen and oxygen atoms in total. The number of carbonyl (C=O) groups is 1. The van der Waals surface area contributed by atoms with E-state index in [0.29, 0.717) is 6.42 Å². The summed E-state index contributed by atoms with van der Waals surface area (Å²) in [5.74, 6) is 0.450. The Morgan fingerprint density at radius 3 is 2.80 bits per heavy atom. The van der Waals surface area contributed by atoms with Gasteiger partial charge in [-0.25, -0.2) is 0 Å². The molecule has 2 atom stereocenters. The van der Waals surface area contributed by atoms with E-state index in [1.165, 1.54) is 5.98 Å². The number of nitrogens with one attached hydrogen (secondary N) is 1. The van der Waals surface area contributed by atoms with Gasteiger partial charge in [0, 0.05) is 0 Å². The van der Waals surface area contributed by atoms with Crippen molar-refractivity contribution in [2.24, 2.45) is 0 Å². The Hall–Kier alpha value is -0.335. The molecule has 0 aliphatic heterocycles. The highest BCUT2D eigenvalue weighted by atomic mass is 31.0. The molecule has 0 aromatic carbocycles. The average molecular weight is 157 g/mol. The third-order valence-electron chi connectivity index (χ3n) is 1.01. The second-order valence-corrected chi connectivity index (χ2v) is 2.05. The molecule has 0 fully saturated rings. The Kier molecular flexibility index (Phi) is 5.27. The molecular weight excluding hydrogens is 148 g/mol. The Bertz CT molecular complexity index is 140. The summed E-state index contributed by atoms with van der Waals surface area (Å²) < 4.78 is 0. The first-order chi connectivity index (χ1) is 4.72. The lowest BCUT2D eigenvalue weighted by atomic mass is 10.1. The van der Waals surface area contributed by atoms with Crippen LogP contribution in [-0.4, -0.2) is 25.0 Å². The lowest BCUT2D eigenvalue weighted by molar-refractivity contribution is -0.138. The van der Waals surface area contributed by atoms with Crippen molar-refractivity contribution in [1.82, 2.24) is 5.09 Å². The standard InChI is InChI=1S/C5H9BNO2P/c6-3-1-2-4(7-10)5(8)9/h1,3-4,7H,2,10H2,(H,8,9). The topological polar surface area (TPSA) is 49.3 Å². The fraction of sp³-hybridized carbons (Fsp3) is 0.400. The largest absolute Gasteiger partial charge is 0.480 e. The number of hydrogen-bond acceptors (Lipinski definition) is 2. The summed E-state index contributed by atoms with van der Waals surface area (Å²) in [6.45, 7) is 0. The van der Waals surface area contributed by atoms with E-state index in [4.69, 9.17) is 13.0 Å². The van der Waals surface area contributed by atoms with Crippen molar-refractivity contribution in [2.75, 3.05) is 0 Å². The quantitative estimate of drug-likeness (QED) is 0.442. The van der Waals surface area contributed by atoms with Gasteiger partial charge in [0.15, 0.2) is 0 Å². The minimum Gasteiger partial charge on any atom is -0.480 e. The molecule has 2 unspecified atom stereocenters. The van der Waals surface area contributed by atoms with Gasteiger partial charge >= 0.3 is 5.97 Å². The van der Waals surface area contributed by atoms with Crippen molar-refractivity contribution < 1.29 is 9.90 Å². The van der Waals surface area contributed by atoms with Gasteiger partial charge in [0.25, 0.3) is 0 Å². The highest BCUT2D eigenvalue weighted by Crippen LogP contribution is 1.95. The molecular formula is C5H9BNO2P. The lowest BCUT2D eigenvalue weighted by Gasteiger charge is -2.06. The molecule has 0 aliphatic carbocycles. The van der Waals surface area contributed by atoms with Crippen molar-refractivity contribution in [3.8, 4) is 0 Å². The number of rotatable bonds is 4. The Balaban J connectivity index is 3.71. The fourth-order valence-corrected chi connectivity index (χ4v) is 0.733. The number of carboxylic acids is 1. The number of hydrogen-bond donors (Lipinski definition) is 2. The average Bonchev–Trinajstić information content (AvgIpc) is 1.89. The zero-order valence-electron chi connectivity index (χ0n) is 5.45. The summed E-state index contributed by atoms with van der Waals surface area (Å²) >= 11 is 0. The number of aliphatic carboxylic acids is 1. The van der Waals surface area contributed by atoms with Crippen LogP contribution >= 0.6 is 9.39 Å². The van der Waals surface area contributed by atoms with Crippen molar-refractivity contribution >= 4 is 23.2 Å². The summed E-state index contributed by atoms with van der Waals surface area (Å²) in [7, 11) is 7.18. The van der Waals surface area contributed by atoms with E-state index >= 15 is 0 Å². The summed E-state index contributed by atoms with van der Waals surface area (Å²) in [5, 5.41) is 11.0. The summed E-state index contributed by atoms with van der Waals surface area (Å²) in [6.07, 6.45) is 1.99. The third kappa shape index (κ3) is 3.65. The maximum atomic E-state index is 10.3. The molecule has 2 N–H and O–H groups in total. The molecule has 5 heteroatoms. The van der Waals surface area contributed by atoms with E-state index in [2.05, 4.69) is 14.5 Å². The maximum Gasteiger partial charge on any atom is 0.321 e. The molecule has 2 radical (unpaired) electrons. The highest BCUT2D eigenvalue weighted by molar-refractivity contribution is 7.13. The molecule has 0 spiro atoms.